The van der Waals surface area contributed by atoms with Crippen LogP contribution in [0.4, 0.5) is 11.4 Å². The lowest BCUT2D eigenvalue weighted by Crippen LogP contribution is -2.36. The van der Waals surface area contributed by atoms with Gasteiger partial charge in [-0.1, -0.05) is 6.07 Å². The smallest absolute Gasteiger partial charge is 0.261 e. The van der Waals surface area contributed by atoms with Gasteiger partial charge in [-0.3, -0.25) is 9.52 Å². The van der Waals surface area contributed by atoms with E-state index in [2.05, 4.69) is 4.72 Å². The van der Waals surface area contributed by atoms with Crippen molar-refractivity contribution in [3.05, 3.63) is 47.5 Å². The first-order valence-electron chi connectivity index (χ1n) is 10.1. The summed E-state index contributed by atoms with van der Waals surface area (Å²) >= 11 is 0. The molecule has 2 aliphatic rings. The Kier molecular flexibility index (Phi) is 5.25. The average molecular weight is 415 g/mol. The molecule has 0 spiro atoms. The maximum atomic E-state index is 12.9. The lowest BCUT2D eigenvalue weighted by atomic mass is 10.0. The van der Waals surface area contributed by atoms with Gasteiger partial charge in [0.2, 0.25) is 5.91 Å². The third-order valence-corrected chi connectivity index (χ3v) is 6.78. The first-order valence-corrected chi connectivity index (χ1v) is 11.6. The van der Waals surface area contributed by atoms with Crippen molar-refractivity contribution < 1.29 is 17.9 Å². The van der Waals surface area contributed by atoms with Crippen LogP contribution in [0.5, 0.6) is 5.75 Å². The number of benzene rings is 2. The lowest BCUT2D eigenvalue weighted by molar-refractivity contribution is -0.119. The minimum Gasteiger partial charge on any atom is -0.494 e. The van der Waals surface area contributed by atoms with E-state index < -0.39 is 10.0 Å². The number of nitrogens with one attached hydrogen (secondary N) is 1. The first kappa shape index (κ1) is 19.8. The molecule has 1 fully saturated rings. The van der Waals surface area contributed by atoms with Crippen LogP contribution in [0.25, 0.3) is 0 Å². The summed E-state index contributed by atoms with van der Waals surface area (Å²) in [5.74, 6) is 0.968. The SMILES string of the molecule is CCOc1ccc(S(=O)(=O)Nc2ccc3c(c2)N(C(=O)C2CC2)CCC3)cc1C. The van der Waals surface area contributed by atoms with Gasteiger partial charge < -0.3 is 9.64 Å². The summed E-state index contributed by atoms with van der Waals surface area (Å²) in [6.07, 6.45) is 3.74. The zero-order chi connectivity index (χ0) is 20.6. The summed E-state index contributed by atoms with van der Waals surface area (Å²) in [5.41, 5.74) is 3.15. The summed E-state index contributed by atoms with van der Waals surface area (Å²) in [4.78, 5) is 14.7. The molecule has 1 heterocycles. The van der Waals surface area contributed by atoms with Crippen molar-refractivity contribution in [3.63, 3.8) is 0 Å². The normalized spacial score (nSPS) is 16.3. The lowest BCUT2D eigenvalue weighted by Gasteiger charge is -2.30. The van der Waals surface area contributed by atoms with E-state index >= 15 is 0 Å². The van der Waals surface area contributed by atoms with Gasteiger partial charge >= 0.3 is 0 Å². The highest BCUT2D eigenvalue weighted by atomic mass is 32.2. The number of nitrogens with zero attached hydrogens (tertiary/aromatic N) is 1. The molecular formula is C22H26N2O4S. The quantitative estimate of drug-likeness (QED) is 0.778. The number of hydrogen-bond donors (Lipinski definition) is 1. The van der Waals surface area contributed by atoms with E-state index in [0.29, 0.717) is 24.6 Å². The van der Waals surface area contributed by atoms with Gasteiger partial charge in [-0.05, 0) is 81.0 Å². The molecule has 0 bridgehead atoms. The van der Waals surface area contributed by atoms with Gasteiger partial charge in [-0.2, -0.15) is 0 Å². The Morgan fingerprint density at radius 1 is 1.21 bits per heavy atom. The van der Waals surface area contributed by atoms with Gasteiger partial charge in [-0.15, -0.1) is 0 Å². The van der Waals surface area contributed by atoms with Crippen molar-refractivity contribution in [2.75, 3.05) is 22.8 Å². The standard InChI is InChI=1S/C22H26N2O4S/c1-3-28-21-11-10-19(13-15(21)2)29(26,27)23-18-9-8-16-5-4-12-24(20(16)14-18)22(25)17-6-7-17/h8-11,13-14,17,23H,3-7,12H2,1-2H3. The van der Waals surface area contributed by atoms with E-state index in [1.165, 1.54) is 0 Å². The van der Waals surface area contributed by atoms with E-state index in [0.717, 1.165) is 42.5 Å². The second-order valence-corrected chi connectivity index (χ2v) is 9.36. The van der Waals surface area contributed by atoms with Crippen molar-refractivity contribution in [1.82, 2.24) is 0 Å². The third kappa shape index (κ3) is 4.10. The molecule has 0 radical (unpaired) electrons. The van der Waals surface area contributed by atoms with Crippen LogP contribution >= 0.6 is 0 Å². The number of rotatable bonds is 6. The van der Waals surface area contributed by atoms with Gasteiger partial charge in [0.1, 0.15) is 5.75 Å². The van der Waals surface area contributed by atoms with Gasteiger partial charge in [0.25, 0.3) is 10.0 Å². The summed E-state index contributed by atoms with van der Waals surface area (Å²) in [7, 11) is -3.74. The second kappa shape index (κ2) is 7.71. The van der Waals surface area contributed by atoms with Crippen molar-refractivity contribution in [3.8, 4) is 5.75 Å². The van der Waals surface area contributed by atoms with Crippen molar-refractivity contribution >= 4 is 27.3 Å². The maximum Gasteiger partial charge on any atom is 0.261 e. The van der Waals surface area contributed by atoms with E-state index in [1.807, 2.05) is 24.8 Å². The van der Waals surface area contributed by atoms with Crippen LogP contribution in [0.2, 0.25) is 0 Å². The van der Waals surface area contributed by atoms with E-state index in [9.17, 15) is 13.2 Å². The number of aryl methyl sites for hydroxylation is 2. The summed E-state index contributed by atoms with van der Waals surface area (Å²) in [6, 6.07) is 10.3. The maximum absolute atomic E-state index is 12.9. The molecule has 154 valence electrons. The Hall–Kier alpha value is -2.54. The highest BCUT2D eigenvalue weighted by molar-refractivity contribution is 7.92. The number of sulfonamides is 1. The molecule has 1 aliphatic heterocycles. The van der Waals surface area contributed by atoms with Crippen LogP contribution in [0.3, 0.4) is 0 Å². The molecule has 0 unspecified atom stereocenters. The molecule has 2 aromatic rings. The monoisotopic (exact) mass is 414 g/mol. The predicted molar refractivity (Wildman–Crippen MR) is 113 cm³/mol. The fourth-order valence-corrected chi connectivity index (χ4v) is 4.87. The molecule has 1 amide bonds. The number of ether oxygens (including phenoxy) is 1. The topological polar surface area (TPSA) is 75.7 Å². The predicted octanol–water partition coefficient (Wildman–Crippen LogP) is 3.88. The minimum absolute atomic E-state index is 0.133. The number of carbonyl (C=O) groups excluding carboxylic acids is 1. The van der Waals surface area contributed by atoms with Crippen molar-refractivity contribution in [1.29, 1.82) is 0 Å². The van der Waals surface area contributed by atoms with Crippen molar-refractivity contribution in [2.45, 2.75) is 44.4 Å². The summed E-state index contributed by atoms with van der Waals surface area (Å²) < 4.78 is 33.9. The number of amides is 1. The number of anilines is 2. The Morgan fingerprint density at radius 2 is 2.00 bits per heavy atom. The molecule has 0 atom stereocenters. The molecule has 1 N–H and O–H groups in total. The minimum atomic E-state index is -3.74. The van der Waals surface area contributed by atoms with Crippen LogP contribution in [0.1, 0.15) is 37.3 Å². The zero-order valence-corrected chi connectivity index (χ0v) is 17.6. The van der Waals surface area contributed by atoms with E-state index in [-0.39, 0.29) is 16.7 Å². The summed E-state index contributed by atoms with van der Waals surface area (Å²) in [6.45, 7) is 4.93. The fraction of sp³-hybridized carbons (Fsp3) is 0.409. The van der Waals surface area contributed by atoms with Gasteiger partial charge in [0.05, 0.1) is 17.2 Å². The molecule has 6 nitrogen and oxygen atoms in total. The highest BCUT2D eigenvalue weighted by Gasteiger charge is 2.35. The molecular weight excluding hydrogens is 388 g/mol. The van der Waals surface area contributed by atoms with Gasteiger partial charge in [0, 0.05) is 18.2 Å². The van der Waals surface area contributed by atoms with Gasteiger partial charge in [0.15, 0.2) is 0 Å². The second-order valence-electron chi connectivity index (χ2n) is 7.68. The molecule has 4 rings (SSSR count). The van der Waals surface area contributed by atoms with E-state index in [1.54, 1.807) is 30.3 Å². The summed E-state index contributed by atoms with van der Waals surface area (Å²) in [5, 5.41) is 0. The molecule has 7 heteroatoms. The van der Waals surface area contributed by atoms with Crippen LogP contribution in [-0.4, -0.2) is 27.5 Å². The Bertz CT molecular complexity index is 1040. The number of hydrogen-bond acceptors (Lipinski definition) is 4. The zero-order valence-electron chi connectivity index (χ0n) is 16.8. The fourth-order valence-electron chi connectivity index (χ4n) is 3.74. The van der Waals surface area contributed by atoms with Gasteiger partial charge in [-0.25, -0.2) is 8.42 Å². The molecule has 29 heavy (non-hydrogen) atoms. The number of carbonyl (C=O) groups is 1. The van der Waals surface area contributed by atoms with E-state index in [4.69, 9.17) is 4.74 Å². The number of fused-ring (bicyclic) bond motifs is 1. The molecule has 1 saturated carbocycles. The average Bonchev–Trinajstić information content (AvgIpc) is 3.53. The largest absolute Gasteiger partial charge is 0.494 e. The molecule has 0 aromatic heterocycles. The molecule has 2 aromatic carbocycles. The molecule has 0 saturated heterocycles. The van der Waals surface area contributed by atoms with Crippen LogP contribution < -0.4 is 14.4 Å². The first-order chi connectivity index (χ1) is 13.9. The molecule has 1 aliphatic carbocycles. The Morgan fingerprint density at radius 3 is 2.69 bits per heavy atom. The highest BCUT2D eigenvalue weighted by Crippen LogP contribution is 2.37. The van der Waals surface area contributed by atoms with Crippen LogP contribution in [0, 0.1) is 12.8 Å². The van der Waals surface area contributed by atoms with Crippen LogP contribution in [-0.2, 0) is 21.2 Å². The Balaban J connectivity index is 1.60. The third-order valence-electron chi connectivity index (χ3n) is 5.41. The van der Waals surface area contributed by atoms with Crippen molar-refractivity contribution in [2.24, 2.45) is 5.92 Å². The Labute approximate surface area is 171 Å². The van der Waals surface area contributed by atoms with Crippen LogP contribution in [0.15, 0.2) is 41.3 Å².